The third-order valence-electron chi connectivity index (χ3n) is 12.8. The van der Waals surface area contributed by atoms with E-state index in [9.17, 15) is 24.5 Å². The standard InChI is InChI=1S/C32H52FNO6/c1-31-14-12-21(39-30-26(33)28(37)27(36)25(18-35)40-30)17-20(31)10-11-22-23(31)13-15-32(2)24(22)9-6-16-34(32)29(38)19-7-4-3-5-8-19/h19-28,30,35-37H,3-18H2,1-2H3/t20?,21-,22+,23+,24+,25-,26-,27-,28-,30+,31+,32+/m1/s1. The number of alkyl halides is 1. The van der Waals surface area contributed by atoms with E-state index < -0.39 is 37.4 Å². The van der Waals surface area contributed by atoms with Crippen molar-refractivity contribution in [2.45, 2.75) is 146 Å². The maximum absolute atomic E-state index is 14.8. The molecule has 6 fully saturated rings. The van der Waals surface area contributed by atoms with Crippen LogP contribution in [0.3, 0.4) is 0 Å². The monoisotopic (exact) mass is 565 g/mol. The molecular formula is C32H52FNO6. The summed E-state index contributed by atoms with van der Waals surface area (Å²) in [4.78, 5) is 16.2. The molecule has 40 heavy (non-hydrogen) atoms. The fraction of sp³-hybridized carbons (Fsp3) is 0.969. The van der Waals surface area contributed by atoms with Gasteiger partial charge in [-0.3, -0.25) is 4.79 Å². The van der Waals surface area contributed by atoms with Gasteiger partial charge in [-0.2, -0.15) is 0 Å². The Morgan fingerprint density at radius 3 is 2.48 bits per heavy atom. The average Bonchev–Trinajstić information content (AvgIpc) is 2.97. The Morgan fingerprint density at radius 2 is 1.73 bits per heavy atom. The molecule has 0 aromatic carbocycles. The van der Waals surface area contributed by atoms with Crippen molar-refractivity contribution in [3.63, 3.8) is 0 Å². The van der Waals surface area contributed by atoms with E-state index in [2.05, 4.69) is 18.7 Å². The van der Waals surface area contributed by atoms with Crippen LogP contribution in [0.1, 0.15) is 104 Å². The van der Waals surface area contributed by atoms with Crippen LogP contribution in [0.2, 0.25) is 0 Å². The van der Waals surface area contributed by atoms with Crippen molar-refractivity contribution in [2.24, 2.45) is 35.0 Å². The van der Waals surface area contributed by atoms with Crippen molar-refractivity contribution >= 4 is 5.91 Å². The number of aliphatic hydroxyl groups is 3. The second kappa shape index (κ2) is 11.4. The van der Waals surface area contributed by atoms with Gasteiger partial charge in [0.2, 0.25) is 5.91 Å². The van der Waals surface area contributed by atoms with E-state index in [0.29, 0.717) is 29.6 Å². The van der Waals surface area contributed by atoms with Crippen molar-refractivity contribution in [1.29, 1.82) is 0 Å². The number of aliphatic hydroxyl groups excluding tert-OH is 3. The van der Waals surface area contributed by atoms with E-state index in [1.54, 1.807) is 0 Å². The number of carbonyl (C=O) groups is 1. The largest absolute Gasteiger partial charge is 0.394 e. The Hall–Kier alpha value is -0.800. The number of amides is 1. The minimum Gasteiger partial charge on any atom is -0.394 e. The molecule has 2 aliphatic heterocycles. The van der Waals surface area contributed by atoms with E-state index in [-0.39, 0.29) is 23.0 Å². The van der Waals surface area contributed by atoms with Gasteiger partial charge in [-0.15, -0.1) is 0 Å². The van der Waals surface area contributed by atoms with Crippen LogP contribution >= 0.6 is 0 Å². The highest BCUT2D eigenvalue weighted by molar-refractivity contribution is 5.80. The van der Waals surface area contributed by atoms with Crippen molar-refractivity contribution in [3.05, 3.63) is 0 Å². The summed E-state index contributed by atoms with van der Waals surface area (Å²) in [7, 11) is 0. The molecule has 2 heterocycles. The number of ether oxygens (including phenoxy) is 2. The number of rotatable bonds is 4. The molecule has 0 spiro atoms. The molecule has 1 unspecified atom stereocenters. The normalized spacial score (nSPS) is 50.0. The van der Waals surface area contributed by atoms with Crippen LogP contribution in [0.5, 0.6) is 0 Å². The average molecular weight is 566 g/mol. The van der Waals surface area contributed by atoms with E-state index >= 15 is 0 Å². The zero-order chi connectivity index (χ0) is 28.2. The number of carbonyl (C=O) groups excluding carboxylic acids is 1. The fourth-order valence-electron chi connectivity index (χ4n) is 10.5. The summed E-state index contributed by atoms with van der Waals surface area (Å²) in [6.45, 7) is 5.33. The molecule has 12 atom stereocenters. The molecule has 1 amide bonds. The lowest BCUT2D eigenvalue weighted by Crippen LogP contribution is -2.65. The minimum absolute atomic E-state index is 0.0133. The summed E-state index contributed by atoms with van der Waals surface area (Å²) in [6.07, 6.45) is 8.03. The molecule has 4 saturated carbocycles. The number of halogens is 1. The number of hydrogen-bond donors (Lipinski definition) is 3. The van der Waals surface area contributed by atoms with Crippen LogP contribution in [0.15, 0.2) is 0 Å². The zero-order valence-electron chi connectivity index (χ0n) is 24.6. The first-order valence-corrected chi connectivity index (χ1v) is 16.4. The lowest BCUT2D eigenvalue weighted by molar-refractivity contribution is -0.303. The predicted octanol–water partition coefficient (Wildman–Crippen LogP) is 4.35. The zero-order valence-corrected chi connectivity index (χ0v) is 24.6. The van der Waals surface area contributed by atoms with Gasteiger partial charge in [-0.25, -0.2) is 4.39 Å². The van der Waals surface area contributed by atoms with Crippen molar-refractivity contribution in [3.8, 4) is 0 Å². The van der Waals surface area contributed by atoms with Crippen LogP contribution in [0, 0.1) is 35.0 Å². The lowest BCUT2D eigenvalue weighted by atomic mass is 9.45. The molecule has 0 aromatic heterocycles. The maximum Gasteiger partial charge on any atom is 0.226 e. The molecule has 0 bridgehead atoms. The van der Waals surface area contributed by atoms with Crippen molar-refractivity contribution in [2.75, 3.05) is 13.2 Å². The molecule has 3 N–H and O–H groups in total. The molecule has 4 aliphatic carbocycles. The lowest BCUT2D eigenvalue weighted by Gasteiger charge is -2.64. The number of hydrogen-bond acceptors (Lipinski definition) is 6. The van der Waals surface area contributed by atoms with Gasteiger partial charge >= 0.3 is 0 Å². The van der Waals surface area contributed by atoms with Crippen LogP contribution in [-0.2, 0) is 14.3 Å². The van der Waals surface area contributed by atoms with Gasteiger partial charge < -0.3 is 29.7 Å². The molecule has 6 aliphatic rings. The molecule has 2 saturated heterocycles. The van der Waals surface area contributed by atoms with Gasteiger partial charge in [0.25, 0.3) is 0 Å². The van der Waals surface area contributed by atoms with Gasteiger partial charge in [0.05, 0.1) is 12.7 Å². The number of nitrogens with zero attached hydrogens (tertiary/aromatic N) is 1. The van der Waals surface area contributed by atoms with Gasteiger partial charge in [0.1, 0.15) is 18.3 Å². The third-order valence-corrected chi connectivity index (χ3v) is 12.8. The summed E-state index contributed by atoms with van der Waals surface area (Å²) >= 11 is 0. The highest BCUT2D eigenvalue weighted by Crippen LogP contribution is 2.63. The van der Waals surface area contributed by atoms with Crippen LogP contribution < -0.4 is 0 Å². The van der Waals surface area contributed by atoms with E-state index in [1.807, 2.05) is 0 Å². The summed E-state index contributed by atoms with van der Waals surface area (Å²) in [5.74, 6) is 3.04. The Kier molecular flexibility index (Phi) is 8.32. The maximum atomic E-state index is 14.8. The highest BCUT2D eigenvalue weighted by Gasteiger charge is 2.60. The van der Waals surface area contributed by atoms with E-state index in [1.165, 1.54) is 38.5 Å². The molecule has 0 radical (unpaired) electrons. The third kappa shape index (κ3) is 4.86. The van der Waals surface area contributed by atoms with Gasteiger partial charge in [-0.05, 0) is 107 Å². The van der Waals surface area contributed by atoms with Crippen LogP contribution in [0.25, 0.3) is 0 Å². The first-order valence-electron chi connectivity index (χ1n) is 16.4. The van der Waals surface area contributed by atoms with Gasteiger partial charge in [0.15, 0.2) is 12.5 Å². The molecule has 0 aromatic rings. The predicted molar refractivity (Wildman–Crippen MR) is 148 cm³/mol. The Bertz CT molecular complexity index is 914. The summed E-state index contributed by atoms with van der Waals surface area (Å²) in [5, 5.41) is 29.6. The molecular weight excluding hydrogens is 513 g/mol. The number of likely N-dealkylation sites (tertiary alicyclic amines) is 1. The fourth-order valence-corrected chi connectivity index (χ4v) is 10.5. The molecule has 7 nitrogen and oxygen atoms in total. The van der Waals surface area contributed by atoms with E-state index in [4.69, 9.17) is 9.47 Å². The summed E-state index contributed by atoms with van der Waals surface area (Å²) in [6, 6.07) is 0. The topological polar surface area (TPSA) is 99.5 Å². The highest BCUT2D eigenvalue weighted by atomic mass is 19.1. The molecule has 6 rings (SSSR count). The second-order valence-electron chi connectivity index (χ2n) is 14.7. The Morgan fingerprint density at radius 1 is 0.950 bits per heavy atom. The van der Waals surface area contributed by atoms with Crippen molar-refractivity contribution in [1.82, 2.24) is 4.90 Å². The SMILES string of the molecule is C[C@]12CC[C@@H](O[C@H]3O[C@H](CO)[C@@H](O)[C@H](O)[C@H]3F)CC1CC[C@H]1[C@@H]2CC[C@@]2(C)[C@H]1CCCN2C(=O)C1CCCCC1. The summed E-state index contributed by atoms with van der Waals surface area (Å²) in [5.41, 5.74) is 0.201. The van der Waals surface area contributed by atoms with Crippen LogP contribution in [-0.4, -0.2) is 81.7 Å². The number of piperidine rings is 1. The summed E-state index contributed by atoms with van der Waals surface area (Å²) < 4.78 is 26.5. The first kappa shape index (κ1) is 29.3. The van der Waals surface area contributed by atoms with Gasteiger partial charge in [-0.1, -0.05) is 26.2 Å². The van der Waals surface area contributed by atoms with Crippen molar-refractivity contribution < 1.29 is 34.0 Å². The smallest absolute Gasteiger partial charge is 0.226 e. The molecule has 228 valence electrons. The first-order chi connectivity index (χ1) is 19.2. The molecule has 8 heteroatoms. The minimum atomic E-state index is -1.84. The second-order valence-corrected chi connectivity index (χ2v) is 14.7. The van der Waals surface area contributed by atoms with Gasteiger partial charge in [0, 0.05) is 18.0 Å². The Balaban J connectivity index is 1.12. The van der Waals surface area contributed by atoms with E-state index in [0.717, 1.165) is 57.9 Å². The quantitative estimate of drug-likeness (QED) is 0.439. The Labute approximate surface area is 239 Å². The number of fused-ring (bicyclic) bond motifs is 5. The van der Waals surface area contributed by atoms with Crippen LogP contribution in [0.4, 0.5) is 4.39 Å².